The van der Waals surface area contributed by atoms with E-state index in [1.807, 2.05) is 30.3 Å². The van der Waals surface area contributed by atoms with Gasteiger partial charge in [-0.05, 0) is 18.2 Å². The Hall–Kier alpha value is -2.43. The molecule has 3 aromatic rings. The molecule has 0 radical (unpaired) electrons. The number of ether oxygens (including phenoxy) is 1. The maximum Gasteiger partial charge on any atom is 0.237 e. The molecule has 0 spiro atoms. The largest absolute Gasteiger partial charge is 0.438 e. The summed E-state index contributed by atoms with van der Waals surface area (Å²) in [6.07, 6.45) is 1.53. The molecule has 5 nitrogen and oxygen atoms in total. The smallest absolute Gasteiger partial charge is 0.237 e. The molecule has 3 rings (SSSR count). The van der Waals surface area contributed by atoms with Crippen molar-refractivity contribution in [1.29, 1.82) is 0 Å². The fraction of sp³-hybridized carbons (Fsp3) is 0. The molecule has 2 heterocycles. The summed E-state index contributed by atoms with van der Waals surface area (Å²) in [6.45, 7) is 0. The van der Waals surface area contributed by atoms with Gasteiger partial charge in [-0.2, -0.15) is 4.52 Å². The Kier molecular flexibility index (Phi) is 2.00. The first-order valence-corrected chi connectivity index (χ1v) is 4.82. The van der Waals surface area contributed by atoms with Gasteiger partial charge in [0.25, 0.3) is 0 Å². The maximum atomic E-state index is 5.57. The van der Waals surface area contributed by atoms with Crippen LogP contribution in [0.15, 0.2) is 48.8 Å². The van der Waals surface area contributed by atoms with Gasteiger partial charge in [0, 0.05) is 6.07 Å². The molecule has 78 valence electrons. The van der Waals surface area contributed by atoms with E-state index in [9.17, 15) is 0 Å². The lowest BCUT2D eigenvalue weighted by atomic mass is 10.3. The van der Waals surface area contributed by atoms with E-state index in [1.54, 1.807) is 16.6 Å². The standard InChI is InChI=1S/C11H8N4O/c1-2-4-9(5-3-1)16-11-7-6-10-13-12-8-15(10)14-11/h1-8H. The lowest BCUT2D eigenvalue weighted by Crippen LogP contribution is -1.94. The molecule has 16 heavy (non-hydrogen) atoms. The number of aromatic nitrogens is 4. The zero-order chi connectivity index (χ0) is 10.8. The summed E-state index contributed by atoms with van der Waals surface area (Å²) in [6, 6.07) is 13.1. The van der Waals surface area contributed by atoms with Crippen molar-refractivity contribution in [3.8, 4) is 11.6 Å². The molecule has 1 aromatic carbocycles. The van der Waals surface area contributed by atoms with Crippen molar-refractivity contribution in [3.05, 3.63) is 48.8 Å². The molecule has 0 aliphatic carbocycles. The second-order valence-corrected chi connectivity index (χ2v) is 3.22. The number of rotatable bonds is 2. The van der Waals surface area contributed by atoms with Crippen LogP contribution in [-0.4, -0.2) is 19.8 Å². The van der Waals surface area contributed by atoms with Crippen LogP contribution in [0.25, 0.3) is 5.65 Å². The minimum Gasteiger partial charge on any atom is -0.438 e. The summed E-state index contributed by atoms with van der Waals surface area (Å²) < 4.78 is 7.14. The normalized spacial score (nSPS) is 10.5. The topological polar surface area (TPSA) is 52.3 Å². The van der Waals surface area contributed by atoms with Crippen LogP contribution < -0.4 is 4.74 Å². The number of nitrogens with zero attached hydrogens (tertiary/aromatic N) is 4. The van der Waals surface area contributed by atoms with Crippen LogP contribution in [0.5, 0.6) is 11.6 Å². The van der Waals surface area contributed by atoms with Crippen molar-refractivity contribution in [2.45, 2.75) is 0 Å². The molecule has 0 amide bonds. The predicted octanol–water partition coefficient (Wildman–Crippen LogP) is 1.92. The summed E-state index contributed by atoms with van der Waals surface area (Å²) in [5.41, 5.74) is 0.695. The Morgan fingerprint density at radius 1 is 1.00 bits per heavy atom. The molecule has 0 aliphatic heterocycles. The van der Waals surface area contributed by atoms with Crippen LogP contribution in [0.2, 0.25) is 0 Å². The highest BCUT2D eigenvalue weighted by molar-refractivity contribution is 5.37. The maximum absolute atomic E-state index is 5.57. The van der Waals surface area contributed by atoms with Gasteiger partial charge >= 0.3 is 0 Å². The minimum absolute atomic E-state index is 0.513. The Morgan fingerprint density at radius 2 is 1.88 bits per heavy atom. The lowest BCUT2D eigenvalue weighted by Gasteiger charge is -2.03. The Bertz CT molecular complexity index is 605. The van der Waals surface area contributed by atoms with Crippen molar-refractivity contribution < 1.29 is 4.74 Å². The number of benzene rings is 1. The van der Waals surface area contributed by atoms with Crippen LogP contribution in [0.4, 0.5) is 0 Å². The van der Waals surface area contributed by atoms with Crippen molar-refractivity contribution in [2.24, 2.45) is 0 Å². The SMILES string of the molecule is c1ccc(Oc2ccc3nncn3n2)cc1. The van der Waals surface area contributed by atoms with Gasteiger partial charge in [-0.1, -0.05) is 18.2 Å². The predicted molar refractivity (Wildman–Crippen MR) is 57.3 cm³/mol. The quantitative estimate of drug-likeness (QED) is 0.651. The van der Waals surface area contributed by atoms with Gasteiger partial charge in [0.15, 0.2) is 5.65 Å². The molecule has 0 saturated carbocycles. The van der Waals surface area contributed by atoms with Crippen LogP contribution >= 0.6 is 0 Å². The molecular formula is C11H8N4O. The fourth-order valence-electron chi connectivity index (χ4n) is 1.37. The molecule has 0 atom stereocenters. The van der Waals surface area contributed by atoms with Crippen LogP contribution in [0, 0.1) is 0 Å². The summed E-state index contributed by atoms with van der Waals surface area (Å²) in [4.78, 5) is 0. The monoisotopic (exact) mass is 212 g/mol. The fourth-order valence-corrected chi connectivity index (χ4v) is 1.37. The van der Waals surface area contributed by atoms with Crippen molar-refractivity contribution in [1.82, 2.24) is 19.8 Å². The lowest BCUT2D eigenvalue weighted by molar-refractivity contribution is 0.452. The van der Waals surface area contributed by atoms with E-state index in [2.05, 4.69) is 15.3 Å². The van der Waals surface area contributed by atoms with Gasteiger partial charge < -0.3 is 4.74 Å². The van der Waals surface area contributed by atoms with E-state index in [0.717, 1.165) is 5.75 Å². The van der Waals surface area contributed by atoms with E-state index in [1.165, 1.54) is 6.33 Å². The first kappa shape index (κ1) is 8.84. The van der Waals surface area contributed by atoms with Crippen molar-refractivity contribution in [3.63, 3.8) is 0 Å². The number of hydrogen-bond acceptors (Lipinski definition) is 4. The number of hydrogen-bond donors (Lipinski definition) is 0. The molecular weight excluding hydrogens is 204 g/mol. The zero-order valence-electron chi connectivity index (χ0n) is 8.32. The molecule has 0 N–H and O–H groups in total. The summed E-state index contributed by atoms with van der Waals surface area (Å²) >= 11 is 0. The first-order valence-electron chi connectivity index (χ1n) is 4.82. The zero-order valence-corrected chi connectivity index (χ0v) is 8.32. The van der Waals surface area contributed by atoms with Gasteiger partial charge in [0.2, 0.25) is 5.88 Å². The van der Waals surface area contributed by atoms with Crippen LogP contribution in [-0.2, 0) is 0 Å². The number of fused-ring (bicyclic) bond motifs is 1. The summed E-state index contributed by atoms with van der Waals surface area (Å²) in [7, 11) is 0. The Morgan fingerprint density at radius 3 is 2.75 bits per heavy atom. The molecule has 5 heteroatoms. The van der Waals surface area contributed by atoms with Crippen LogP contribution in [0.1, 0.15) is 0 Å². The molecule has 0 aliphatic rings. The average molecular weight is 212 g/mol. The molecule has 0 saturated heterocycles. The molecule has 0 fully saturated rings. The third-order valence-electron chi connectivity index (χ3n) is 2.10. The highest BCUT2D eigenvalue weighted by Gasteiger charge is 2.00. The van der Waals surface area contributed by atoms with E-state index in [4.69, 9.17) is 4.74 Å². The number of para-hydroxylation sites is 1. The molecule has 0 unspecified atom stereocenters. The second-order valence-electron chi connectivity index (χ2n) is 3.22. The summed E-state index contributed by atoms with van der Waals surface area (Å²) in [5.74, 6) is 1.26. The third kappa shape index (κ3) is 1.58. The van der Waals surface area contributed by atoms with Crippen molar-refractivity contribution in [2.75, 3.05) is 0 Å². The van der Waals surface area contributed by atoms with Gasteiger partial charge in [0.1, 0.15) is 12.1 Å². The van der Waals surface area contributed by atoms with E-state index >= 15 is 0 Å². The second kappa shape index (κ2) is 3.62. The third-order valence-corrected chi connectivity index (χ3v) is 2.10. The average Bonchev–Trinajstić information content (AvgIpc) is 2.77. The van der Waals surface area contributed by atoms with Gasteiger partial charge in [-0.3, -0.25) is 0 Å². The van der Waals surface area contributed by atoms with Gasteiger partial charge in [0.05, 0.1) is 0 Å². The Labute approximate surface area is 91.3 Å². The van der Waals surface area contributed by atoms with Crippen molar-refractivity contribution >= 4 is 5.65 Å². The van der Waals surface area contributed by atoms with E-state index in [0.29, 0.717) is 11.5 Å². The highest BCUT2D eigenvalue weighted by atomic mass is 16.5. The van der Waals surface area contributed by atoms with Gasteiger partial charge in [-0.15, -0.1) is 15.3 Å². The van der Waals surface area contributed by atoms with Crippen LogP contribution in [0.3, 0.4) is 0 Å². The minimum atomic E-state index is 0.513. The van der Waals surface area contributed by atoms with E-state index in [-0.39, 0.29) is 0 Å². The summed E-state index contributed by atoms with van der Waals surface area (Å²) in [5, 5.41) is 11.8. The highest BCUT2D eigenvalue weighted by Crippen LogP contribution is 2.18. The Balaban J connectivity index is 1.94. The molecule has 2 aromatic heterocycles. The van der Waals surface area contributed by atoms with Gasteiger partial charge in [-0.25, -0.2) is 0 Å². The van der Waals surface area contributed by atoms with E-state index < -0.39 is 0 Å². The molecule has 0 bridgehead atoms. The first-order chi connectivity index (χ1) is 7.92.